The van der Waals surface area contributed by atoms with Crippen LogP contribution < -0.4 is 19.5 Å². The van der Waals surface area contributed by atoms with Crippen molar-refractivity contribution in [1.29, 1.82) is 0 Å². The molecule has 2 atom stereocenters. The van der Waals surface area contributed by atoms with Gasteiger partial charge in [-0.1, -0.05) is 6.07 Å². The van der Waals surface area contributed by atoms with Gasteiger partial charge < -0.3 is 29.3 Å². The quantitative estimate of drug-likeness (QED) is 0.524. The van der Waals surface area contributed by atoms with E-state index in [0.717, 1.165) is 31.4 Å². The maximum absolute atomic E-state index is 13.6. The Bertz CT molecular complexity index is 1040. The molecule has 1 aromatic carbocycles. The normalized spacial score (nSPS) is 20.1. The highest BCUT2D eigenvalue weighted by atomic mass is 16.5. The van der Waals surface area contributed by atoms with Gasteiger partial charge in [-0.2, -0.15) is 0 Å². The van der Waals surface area contributed by atoms with Crippen molar-refractivity contribution >= 4 is 11.8 Å². The second-order valence-electron chi connectivity index (χ2n) is 9.69. The van der Waals surface area contributed by atoms with Crippen LogP contribution in [0.2, 0.25) is 0 Å². The molecule has 2 fully saturated rings. The molecule has 0 aliphatic carbocycles. The van der Waals surface area contributed by atoms with Crippen LogP contribution >= 0.6 is 0 Å². The van der Waals surface area contributed by atoms with Crippen LogP contribution in [0, 0.1) is 0 Å². The van der Waals surface area contributed by atoms with E-state index in [1.807, 2.05) is 12.1 Å². The summed E-state index contributed by atoms with van der Waals surface area (Å²) in [4.78, 5) is 34.7. The van der Waals surface area contributed by atoms with Gasteiger partial charge in [0.1, 0.15) is 11.7 Å². The molecular formula is C28H38N4O5. The van der Waals surface area contributed by atoms with Gasteiger partial charge in [0.05, 0.1) is 20.8 Å². The van der Waals surface area contributed by atoms with Gasteiger partial charge >= 0.3 is 0 Å². The van der Waals surface area contributed by atoms with Gasteiger partial charge in [0.15, 0.2) is 11.5 Å². The van der Waals surface area contributed by atoms with Crippen LogP contribution in [0.5, 0.6) is 17.2 Å². The van der Waals surface area contributed by atoms with Gasteiger partial charge in [0.25, 0.3) is 5.91 Å². The summed E-state index contributed by atoms with van der Waals surface area (Å²) >= 11 is 0. The number of ether oxygens (including phenoxy) is 3. The van der Waals surface area contributed by atoms with Crippen molar-refractivity contribution in [1.82, 2.24) is 20.1 Å². The Balaban J connectivity index is 1.58. The van der Waals surface area contributed by atoms with Gasteiger partial charge in [-0.15, -0.1) is 0 Å². The molecule has 0 radical (unpaired) electrons. The third kappa shape index (κ3) is 6.52. The Morgan fingerprint density at radius 2 is 1.92 bits per heavy atom. The SMILES string of the molecule is COc1cc(CN(C(=O)c2ccccn2)[C@H]2CCCCNC2=O)cc(OC)c1OCC[C@H]1CCCN1C. The summed E-state index contributed by atoms with van der Waals surface area (Å²) in [6.45, 7) is 2.49. The van der Waals surface area contributed by atoms with E-state index in [1.54, 1.807) is 43.5 Å². The summed E-state index contributed by atoms with van der Waals surface area (Å²) in [5.41, 5.74) is 1.08. The fourth-order valence-corrected chi connectivity index (χ4v) is 5.19. The van der Waals surface area contributed by atoms with E-state index in [4.69, 9.17) is 14.2 Å². The molecule has 4 rings (SSSR count). The molecule has 9 nitrogen and oxygen atoms in total. The molecule has 2 saturated heterocycles. The van der Waals surface area contributed by atoms with E-state index in [9.17, 15) is 9.59 Å². The van der Waals surface area contributed by atoms with E-state index >= 15 is 0 Å². The molecule has 1 aromatic heterocycles. The van der Waals surface area contributed by atoms with Crippen LogP contribution in [0.15, 0.2) is 36.5 Å². The van der Waals surface area contributed by atoms with Crippen molar-refractivity contribution in [3.8, 4) is 17.2 Å². The van der Waals surface area contributed by atoms with Gasteiger partial charge in [-0.25, -0.2) is 0 Å². The fraction of sp³-hybridized carbons (Fsp3) is 0.536. The lowest BCUT2D eigenvalue weighted by molar-refractivity contribution is -0.125. The fourth-order valence-electron chi connectivity index (χ4n) is 5.19. The number of amides is 2. The van der Waals surface area contributed by atoms with Gasteiger partial charge in [0.2, 0.25) is 11.7 Å². The van der Waals surface area contributed by atoms with Gasteiger partial charge in [-0.3, -0.25) is 14.6 Å². The molecule has 2 aromatic rings. The molecule has 2 aliphatic heterocycles. The molecular weight excluding hydrogens is 472 g/mol. The maximum Gasteiger partial charge on any atom is 0.273 e. The zero-order valence-electron chi connectivity index (χ0n) is 22.1. The summed E-state index contributed by atoms with van der Waals surface area (Å²) in [6, 6.07) is 8.84. The Morgan fingerprint density at radius 3 is 2.57 bits per heavy atom. The molecule has 37 heavy (non-hydrogen) atoms. The molecule has 9 heteroatoms. The van der Waals surface area contributed by atoms with Crippen LogP contribution in [0.3, 0.4) is 0 Å². The summed E-state index contributed by atoms with van der Waals surface area (Å²) in [7, 11) is 5.33. The average molecular weight is 511 g/mol. The van der Waals surface area contributed by atoms with Crippen LogP contribution in [-0.2, 0) is 11.3 Å². The Morgan fingerprint density at radius 1 is 1.14 bits per heavy atom. The lowest BCUT2D eigenvalue weighted by atomic mass is 10.1. The number of likely N-dealkylation sites (tertiary alicyclic amines) is 1. The first-order valence-electron chi connectivity index (χ1n) is 13.1. The third-order valence-corrected chi connectivity index (χ3v) is 7.27. The highest BCUT2D eigenvalue weighted by Gasteiger charge is 2.32. The topological polar surface area (TPSA) is 93.2 Å². The lowest BCUT2D eigenvalue weighted by Gasteiger charge is -2.30. The summed E-state index contributed by atoms with van der Waals surface area (Å²) in [5.74, 6) is 1.18. The predicted octanol–water partition coefficient (Wildman–Crippen LogP) is 3.27. The zero-order valence-corrected chi connectivity index (χ0v) is 22.1. The number of nitrogens with one attached hydrogen (secondary N) is 1. The number of rotatable bonds is 10. The summed E-state index contributed by atoms with van der Waals surface area (Å²) in [6.07, 6.45) is 7.24. The van der Waals surface area contributed by atoms with Crippen LogP contribution in [0.1, 0.15) is 54.6 Å². The second-order valence-corrected chi connectivity index (χ2v) is 9.69. The van der Waals surface area contributed by atoms with Crippen LogP contribution in [-0.4, -0.2) is 79.6 Å². The van der Waals surface area contributed by atoms with E-state index in [1.165, 1.54) is 12.8 Å². The van der Waals surface area contributed by atoms with Gasteiger partial charge in [-0.05, 0) is 81.9 Å². The number of aromatic nitrogens is 1. The van der Waals surface area contributed by atoms with Crippen molar-refractivity contribution < 1.29 is 23.8 Å². The second kappa shape index (κ2) is 12.8. The number of benzene rings is 1. The van der Waals surface area contributed by atoms with Crippen LogP contribution in [0.4, 0.5) is 0 Å². The molecule has 2 aliphatic rings. The smallest absolute Gasteiger partial charge is 0.273 e. The number of methoxy groups -OCH3 is 2. The van der Waals surface area contributed by atoms with E-state index in [2.05, 4.69) is 22.2 Å². The first-order chi connectivity index (χ1) is 18.0. The number of hydrogen-bond acceptors (Lipinski definition) is 7. The zero-order chi connectivity index (χ0) is 26.2. The maximum atomic E-state index is 13.6. The van der Waals surface area contributed by atoms with Crippen molar-refractivity contribution in [2.45, 2.75) is 57.2 Å². The van der Waals surface area contributed by atoms with E-state index in [0.29, 0.717) is 48.6 Å². The van der Waals surface area contributed by atoms with Gasteiger partial charge in [0, 0.05) is 25.3 Å². The van der Waals surface area contributed by atoms with Crippen molar-refractivity contribution in [3.05, 3.63) is 47.8 Å². The molecule has 3 heterocycles. The number of carbonyl (C=O) groups is 2. The molecule has 200 valence electrons. The molecule has 0 bridgehead atoms. The molecule has 2 amide bonds. The Kier molecular flexibility index (Phi) is 9.22. The van der Waals surface area contributed by atoms with Crippen molar-refractivity contribution in [3.63, 3.8) is 0 Å². The highest BCUT2D eigenvalue weighted by Crippen LogP contribution is 2.39. The first-order valence-corrected chi connectivity index (χ1v) is 13.1. The minimum Gasteiger partial charge on any atom is -0.493 e. The van der Waals surface area contributed by atoms with Crippen molar-refractivity contribution in [2.24, 2.45) is 0 Å². The predicted molar refractivity (Wildman–Crippen MR) is 140 cm³/mol. The first kappa shape index (κ1) is 26.7. The standard InChI is InChI=1S/C28H38N4O5/c1-31-15-8-9-21(31)12-16-37-26-24(35-2)17-20(18-25(26)36-3)19-32(23-11-5-7-14-30-27(23)33)28(34)22-10-4-6-13-29-22/h4,6,10,13,17-18,21,23H,5,7-9,11-12,14-16,19H2,1-3H3,(H,30,33)/t21-,23+/m1/s1. The highest BCUT2D eigenvalue weighted by molar-refractivity contribution is 5.96. The van der Waals surface area contributed by atoms with E-state index in [-0.39, 0.29) is 18.4 Å². The third-order valence-electron chi connectivity index (χ3n) is 7.27. The molecule has 1 N–H and O–H groups in total. The minimum absolute atomic E-state index is 0.141. The van der Waals surface area contributed by atoms with E-state index < -0.39 is 6.04 Å². The molecule has 0 spiro atoms. The number of hydrogen-bond donors (Lipinski definition) is 1. The van der Waals surface area contributed by atoms with Crippen LogP contribution in [0.25, 0.3) is 0 Å². The van der Waals surface area contributed by atoms with Crippen molar-refractivity contribution in [2.75, 3.05) is 41.0 Å². The number of nitrogens with zero attached hydrogens (tertiary/aromatic N) is 3. The number of carbonyl (C=O) groups excluding carboxylic acids is 2. The largest absolute Gasteiger partial charge is 0.493 e. The molecule has 0 unspecified atom stereocenters. The Hall–Kier alpha value is -3.33. The summed E-state index contributed by atoms with van der Waals surface area (Å²) in [5, 5.41) is 2.94. The minimum atomic E-state index is -0.590. The Labute approximate surface area is 219 Å². The average Bonchev–Trinajstić information content (AvgIpc) is 3.21. The lowest BCUT2D eigenvalue weighted by Crippen LogP contribution is -2.48. The number of pyridine rings is 1. The molecule has 0 saturated carbocycles. The monoisotopic (exact) mass is 510 g/mol. The summed E-state index contributed by atoms with van der Waals surface area (Å²) < 4.78 is 17.5.